The first-order chi connectivity index (χ1) is 13.9. The fourth-order valence-corrected chi connectivity index (χ4v) is 4.07. The van der Waals surface area contributed by atoms with Crippen molar-refractivity contribution in [3.8, 4) is 0 Å². The van der Waals surface area contributed by atoms with Gasteiger partial charge in [-0.05, 0) is 49.3 Å². The number of fused-ring (bicyclic) bond motifs is 2. The van der Waals surface area contributed by atoms with Crippen LogP contribution < -0.4 is 16.6 Å². The molecule has 1 aliphatic carbocycles. The van der Waals surface area contributed by atoms with E-state index in [1.54, 1.807) is 18.7 Å². The lowest BCUT2D eigenvalue weighted by atomic mass is 9.89. The molecule has 0 saturated carbocycles. The van der Waals surface area contributed by atoms with Gasteiger partial charge in [-0.15, -0.1) is 0 Å². The maximum Gasteiger partial charge on any atom is 0.332 e. The zero-order valence-corrected chi connectivity index (χ0v) is 16.9. The topological polar surface area (TPSA) is 90.9 Å². The van der Waals surface area contributed by atoms with E-state index in [1.807, 2.05) is 13.0 Å². The molecule has 2 heterocycles. The van der Waals surface area contributed by atoms with Crippen molar-refractivity contribution in [2.24, 2.45) is 14.1 Å². The Balaban J connectivity index is 1.57. The van der Waals surface area contributed by atoms with Gasteiger partial charge in [0.2, 0.25) is 5.91 Å². The summed E-state index contributed by atoms with van der Waals surface area (Å²) in [6.45, 7) is 1.58. The predicted octanol–water partition coefficient (Wildman–Crippen LogP) is 1.19. The summed E-state index contributed by atoms with van der Waals surface area (Å²) in [5, 5.41) is 2.91. The van der Waals surface area contributed by atoms with E-state index in [-0.39, 0.29) is 18.5 Å². The summed E-state index contributed by atoms with van der Waals surface area (Å²) in [4.78, 5) is 42.0. The van der Waals surface area contributed by atoms with Crippen LogP contribution in [0.15, 0.2) is 34.1 Å². The van der Waals surface area contributed by atoms with Gasteiger partial charge in [0.15, 0.2) is 11.2 Å². The number of aromatic nitrogens is 4. The smallest absolute Gasteiger partial charge is 0.332 e. The van der Waals surface area contributed by atoms with Gasteiger partial charge in [0.05, 0.1) is 12.4 Å². The molecular weight excluding hydrogens is 370 g/mol. The number of hydrogen-bond acceptors (Lipinski definition) is 4. The van der Waals surface area contributed by atoms with Crippen molar-refractivity contribution < 1.29 is 4.79 Å². The molecule has 3 aromatic rings. The number of aryl methyl sites for hydroxylation is 4. The summed E-state index contributed by atoms with van der Waals surface area (Å²) in [7, 11) is 3.23. The number of amides is 1. The van der Waals surface area contributed by atoms with Gasteiger partial charge >= 0.3 is 5.69 Å². The third-order valence-electron chi connectivity index (χ3n) is 5.75. The fourth-order valence-electron chi connectivity index (χ4n) is 4.07. The van der Waals surface area contributed by atoms with Crippen molar-refractivity contribution in [2.45, 2.75) is 45.2 Å². The number of nitrogens with one attached hydrogen (secondary N) is 1. The third kappa shape index (κ3) is 3.39. The number of rotatable bonds is 4. The lowest BCUT2D eigenvalue weighted by Gasteiger charge is -2.20. The highest BCUT2D eigenvalue weighted by Crippen LogP contribution is 2.24. The standard InChI is InChI=1S/C21H25N5O3/c1-13(15-9-8-14-6-4-5-7-16(14)10-15)23-17(27)11-26-20(28)18-19(22-12-24(18)2)25(3)21(26)29/h8-10,12-13H,4-7,11H2,1-3H3,(H,23,27)/t13-/m1/s1. The highest BCUT2D eigenvalue weighted by molar-refractivity contribution is 5.77. The number of carbonyl (C=O) groups is 1. The average Bonchev–Trinajstić information content (AvgIpc) is 3.11. The second kappa shape index (κ2) is 7.35. The molecule has 8 nitrogen and oxygen atoms in total. The molecule has 4 rings (SSSR count). The van der Waals surface area contributed by atoms with Crippen molar-refractivity contribution in [2.75, 3.05) is 0 Å². The van der Waals surface area contributed by atoms with E-state index < -0.39 is 11.2 Å². The summed E-state index contributed by atoms with van der Waals surface area (Å²) < 4.78 is 3.80. The first kappa shape index (κ1) is 19.2. The molecule has 1 N–H and O–H groups in total. The van der Waals surface area contributed by atoms with Crippen LogP contribution >= 0.6 is 0 Å². The van der Waals surface area contributed by atoms with Gasteiger partial charge in [-0.2, -0.15) is 0 Å². The van der Waals surface area contributed by atoms with E-state index in [1.165, 1.54) is 34.9 Å². The van der Waals surface area contributed by atoms with Crippen molar-refractivity contribution in [1.82, 2.24) is 24.0 Å². The second-order valence-corrected chi connectivity index (χ2v) is 7.79. The number of carbonyl (C=O) groups excluding carboxylic acids is 1. The van der Waals surface area contributed by atoms with E-state index in [2.05, 4.69) is 22.4 Å². The summed E-state index contributed by atoms with van der Waals surface area (Å²) in [5.41, 5.74) is 3.29. The highest BCUT2D eigenvalue weighted by Gasteiger charge is 2.19. The monoisotopic (exact) mass is 395 g/mol. The van der Waals surface area contributed by atoms with Crippen molar-refractivity contribution in [3.05, 3.63) is 62.1 Å². The van der Waals surface area contributed by atoms with Crippen LogP contribution in [0.4, 0.5) is 0 Å². The summed E-state index contributed by atoms with van der Waals surface area (Å²) in [6.07, 6.45) is 6.08. The van der Waals surface area contributed by atoms with E-state index >= 15 is 0 Å². The maximum atomic E-state index is 12.7. The van der Waals surface area contributed by atoms with Gasteiger partial charge in [-0.1, -0.05) is 18.2 Å². The Kier molecular flexibility index (Phi) is 4.86. The fraction of sp³-hybridized carbons (Fsp3) is 0.429. The van der Waals surface area contributed by atoms with Crippen LogP contribution in [-0.2, 0) is 38.3 Å². The molecule has 0 radical (unpaired) electrons. The van der Waals surface area contributed by atoms with E-state index in [0.29, 0.717) is 11.2 Å². The molecular formula is C21H25N5O3. The van der Waals surface area contributed by atoms with Crippen LogP contribution in [-0.4, -0.2) is 24.6 Å². The largest absolute Gasteiger partial charge is 0.348 e. The van der Waals surface area contributed by atoms with Crippen LogP contribution in [0.2, 0.25) is 0 Å². The molecule has 152 valence electrons. The Bertz CT molecular complexity index is 1220. The van der Waals surface area contributed by atoms with Crippen LogP contribution in [0.5, 0.6) is 0 Å². The highest BCUT2D eigenvalue weighted by atomic mass is 16.2. The van der Waals surface area contributed by atoms with Crippen molar-refractivity contribution in [3.63, 3.8) is 0 Å². The number of nitrogens with zero attached hydrogens (tertiary/aromatic N) is 4. The second-order valence-electron chi connectivity index (χ2n) is 7.79. The molecule has 1 aromatic carbocycles. The van der Waals surface area contributed by atoms with E-state index in [9.17, 15) is 14.4 Å². The third-order valence-corrected chi connectivity index (χ3v) is 5.75. The van der Waals surface area contributed by atoms with Gasteiger partial charge in [0.25, 0.3) is 5.56 Å². The molecule has 0 spiro atoms. The Labute approximate surface area is 167 Å². The van der Waals surface area contributed by atoms with Crippen molar-refractivity contribution in [1.29, 1.82) is 0 Å². The van der Waals surface area contributed by atoms with E-state index in [0.717, 1.165) is 23.0 Å². The summed E-state index contributed by atoms with van der Waals surface area (Å²) in [5.74, 6) is -0.379. The van der Waals surface area contributed by atoms with Gasteiger partial charge in [0.1, 0.15) is 6.54 Å². The van der Waals surface area contributed by atoms with E-state index in [4.69, 9.17) is 0 Å². The minimum Gasteiger partial charge on any atom is -0.348 e. The van der Waals surface area contributed by atoms with Gasteiger partial charge in [-0.3, -0.25) is 14.2 Å². The Morgan fingerprint density at radius 2 is 1.90 bits per heavy atom. The average molecular weight is 395 g/mol. The first-order valence-electron chi connectivity index (χ1n) is 9.88. The van der Waals surface area contributed by atoms with Crippen LogP contribution in [0.25, 0.3) is 11.2 Å². The van der Waals surface area contributed by atoms with Crippen LogP contribution in [0.3, 0.4) is 0 Å². The molecule has 29 heavy (non-hydrogen) atoms. The molecule has 0 fully saturated rings. The van der Waals surface area contributed by atoms with Crippen LogP contribution in [0, 0.1) is 0 Å². The Morgan fingerprint density at radius 1 is 1.17 bits per heavy atom. The minimum absolute atomic E-state index is 0.213. The number of hydrogen-bond donors (Lipinski definition) is 1. The molecule has 1 atom stereocenters. The SMILES string of the molecule is C[C@@H](NC(=O)Cn1c(=O)c2c(ncn2C)n(C)c1=O)c1ccc2c(c1)CCCC2. The van der Waals surface area contributed by atoms with Gasteiger partial charge in [0, 0.05) is 14.1 Å². The first-order valence-corrected chi connectivity index (χ1v) is 9.88. The molecule has 1 amide bonds. The molecule has 2 aromatic heterocycles. The molecule has 0 saturated heterocycles. The van der Waals surface area contributed by atoms with Crippen LogP contribution in [0.1, 0.15) is 42.5 Å². The molecule has 8 heteroatoms. The molecule has 0 bridgehead atoms. The molecule has 1 aliphatic rings. The number of benzene rings is 1. The number of imidazole rings is 1. The molecule has 0 unspecified atom stereocenters. The predicted molar refractivity (Wildman–Crippen MR) is 110 cm³/mol. The normalized spacial score (nSPS) is 14.6. The van der Waals surface area contributed by atoms with Gasteiger partial charge < -0.3 is 9.88 Å². The lowest BCUT2D eigenvalue weighted by Crippen LogP contribution is -2.43. The minimum atomic E-state index is -0.558. The lowest BCUT2D eigenvalue weighted by molar-refractivity contribution is -0.122. The van der Waals surface area contributed by atoms with Gasteiger partial charge in [-0.25, -0.2) is 14.3 Å². The summed E-state index contributed by atoms with van der Waals surface area (Å²) >= 11 is 0. The molecule has 0 aliphatic heterocycles. The zero-order valence-electron chi connectivity index (χ0n) is 16.9. The maximum absolute atomic E-state index is 12.7. The van der Waals surface area contributed by atoms with Crippen molar-refractivity contribution >= 4 is 17.1 Å². The Morgan fingerprint density at radius 3 is 2.66 bits per heavy atom. The Hall–Kier alpha value is -3.16. The zero-order chi connectivity index (χ0) is 20.7. The summed E-state index contributed by atoms with van der Waals surface area (Å²) in [6, 6.07) is 6.13. The quantitative estimate of drug-likeness (QED) is 0.718.